The minimum absolute atomic E-state index is 0.129. The van der Waals surface area contributed by atoms with E-state index in [0.717, 1.165) is 21.7 Å². The van der Waals surface area contributed by atoms with Crippen LogP contribution in [0.2, 0.25) is 0 Å². The molecule has 1 fully saturated rings. The highest BCUT2D eigenvalue weighted by atomic mass is 79.9. The first kappa shape index (κ1) is 11.4. The maximum absolute atomic E-state index is 10.2. The lowest BCUT2D eigenvalue weighted by Crippen LogP contribution is -2.31. The van der Waals surface area contributed by atoms with Crippen molar-refractivity contribution in [1.82, 2.24) is 9.78 Å². The summed E-state index contributed by atoms with van der Waals surface area (Å²) in [6.45, 7) is 0.710. The third-order valence-corrected chi connectivity index (χ3v) is 4.04. The van der Waals surface area contributed by atoms with E-state index in [-0.39, 0.29) is 6.10 Å². The van der Waals surface area contributed by atoms with Crippen molar-refractivity contribution in [3.05, 3.63) is 16.4 Å². The normalized spacial score (nSPS) is 24.1. The molecule has 0 spiro atoms. The summed E-state index contributed by atoms with van der Waals surface area (Å²) in [4.78, 5) is 0. The zero-order valence-corrected chi connectivity index (χ0v) is 10.8. The van der Waals surface area contributed by atoms with Gasteiger partial charge in [0.25, 0.3) is 0 Å². The number of hydrogen-bond acceptors (Lipinski definition) is 4. The molecule has 6 heteroatoms. The lowest BCUT2D eigenvalue weighted by Gasteiger charge is -2.27. The Morgan fingerprint density at radius 2 is 2.60 bits per heavy atom. The van der Waals surface area contributed by atoms with Crippen LogP contribution in [0.3, 0.4) is 0 Å². The molecule has 15 heavy (non-hydrogen) atoms. The number of ether oxygens (including phenoxy) is 1. The largest absolute Gasteiger partial charge is 0.384 e. The van der Waals surface area contributed by atoms with Gasteiger partial charge in [-0.15, -0.1) is 0 Å². The highest BCUT2D eigenvalue weighted by molar-refractivity contribution is 9.10. The van der Waals surface area contributed by atoms with Gasteiger partial charge < -0.3 is 9.84 Å². The van der Waals surface area contributed by atoms with E-state index in [1.165, 1.54) is 0 Å². The molecule has 4 nitrogen and oxygen atoms in total. The lowest BCUT2D eigenvalue weighted by atomic mass is 10.1. The quantitative estimate of drug-likeness (QED) is 0.894. The third-order valence-electron chi connectivity index (χ3n) is 2.41. The van der Waals surface area contributed by atoms with E-state index in [1.54, 1.807) is 10.9 Å². The van der Waals surface area contributed by atoms with Crippen molar-refractivity contribution in [3.8, 4) is 0 Å². The monoisotopic (exact) mass is 292 g/mol. The Hall–Kier alpha value is -0.0400. The number of aryl methyl sites for hydroxylation is 1. The lowest BCUT2D eigenvalue weighted by molar-refractivity contribution is -0.0264. The molecule has 1 N–H and O–H groups in total. The fourth-order valence-corrected chi connectivity index (χ4v) is 3.09. The van der Waals surface area contributed by atoms with Gasteiger partial charge in [-0.2, -0.15) is 16.9 Å². The molecule has 0 aliphatic carbocycles. The first-order chi connectivity index (χ1) is 7.20. The van der Waals surface area contributed by atoms with Crippen molar-refractivity contribution in [3.63, 3.8) is 0 Å². The average molecular weight is 293 g/mol. The van der Waals surface area contributed by atoms with Gasteiger partial charge in [-0.25, -0.2) is 0 Å². The van der Waals surface area contributed by atoms with E-state index in [9.17, 15) is 5.11 Å². The van der Waals surface area contributed by atoms with Crippen LogP contribution in [-0.2, 0) is 11.8 Å². The van der Waals surface area contributed by atoms with Gasteiger partial charge in [0.05, 0.1) is 29.1 Å². The molecule has 1 saturated heterocycles. The fraction of sp³-hybridized carbons (Fsp3) is 0.667. The van der Waals surface area contributed by atoms with Crippen LogP contribution in [0.4, 0.5) is 0 Å². The van der Waals surface area contributed by atoms with Gasteiger partial charge in [-0.1, -0.05) is 0 Å². The SMILES string of the molecule is Cn1ncc(Br)c1C(O)C1CSCCO1. The summed E-state index contributed by atoms with van der Waals surface area (Å²) >= 11 is 5.19. The number of aliphatic hydroxyl groups excluding tert-OH is 1. The minimum atomic E-state index is -0.611. The molecule has 2 heterocycles. The van der Waals surface area contributed by atoms with Crippen molar-refractivity contribution in [2.45, 2.75) is 12.2 Å². The number of rotatable bonds is 2. The second-order valence-corrected chi connectivity index (χ2v) is 5.43. The van der Waals surface area contributed by atoms with Crippen molar-refractivity contribution >= 4 is 27.7 Å². The zero-order chi connectivity index (χ0) is 10.8. The summed E-state index contributed by atoms with van der Waals surface area (Å²) in [5.41, 5.74) is 0.780. The van der Waals surface area contributed by atoms with Gasteiger partial charge in [0.2, 0.25) is 0 Å². The standard InChI is InChI=1S/C9H13BrN2O2S/c1-12-8(6(10)4-11-12)9(13)7-5-15-3-2-14-7/h4,7,9,13H,2-3,5H2,1H3. The van der Waals surface area contributed by atoms with Gasteiger partial charge in [0.1, 0.15) is 6.10 Å². The molecule has 0 aromatic carbocycles. The summed E-state index contributed by atoms with van der Waals surface area (Å²) in [5.74, 6) is 1.84. The Kier molecular flexibility index (Phi) is 3.71. The Morgan fingerprint density at radius 1 is 1.80 bits per heavy atom. The zero-order valence-electron chi connectivity index (χ0n) is 8.39. The molecule has 1 aromatic rings. The molecule has 2 rings (SSSR count). The topological polar surface area (TPSA) is 47.3 Å². The van der Waals surface area contributed by atoms with Gasteiger partial charge in [0, 0.05) is 18.6 Å². The Bertz CT molecular complexity index is 319. The summed E-state index contributed by atoms with van der Waals surface area (Å²) < 4.78 is 8.05. The molecule has 0 bridgehead atoms. The Morgan fingerprint density at radius 3 is 3.13 bits per heavy atom. The number of halogens is 1. The highest BCUT2D eigenvalue weighted by Gasteiger charge is 2.28. The summed E-state index contributed by atoms with van der Waals surface area (Å²) in [7, 11) is 1.82. The number of hydrogen-bond donors (Lipinski definition) is 1. The van der Waals surface area contributed by atoms with E-state index in [2.05, 4.69) is 21.0 Å². The molecule has 0 radical (unpaired) electrons. The molecule has 1 aromatic heterocycles. The highest BCUT2D eigenvalue weighted by Crippen LogP contribution is 2.29. The predicted molar refractivity (Wildman–Crippen MR) is 62.9 cm³/mol. The van der Waals surface area contributed by atoms with Crippen LogP contribution in [0.1, 0.15) is 11.8 Å². The number of nitrogens with zero attached hydrogens (tertiary/aromatic N) is 2. The fourth-order valence-electron chi connectivity index (χ4n) is 1.62. The van der Waals surface area contributed by atoms with Crippen LogP contribution in [0.25, 0.3) is 0 Å². The molecule has 2 atom stereocenters. The van der Waals surface area contributed by atoms with Crippen molar-refractivity contribution in [1.29, 1.82) is 0 Å². The average Bonchev–Trinajstić information content (AvgIpc) is 2.59. The third kappa shape index (κ3) is 2.38. The molecular formula is C9H13BrN2O2S. The van der Waals surface area contributed by atoms with Crippen molar-refractivity contribution in [2.75, 3.05) is 18.1 Å². The molecule has 84 valence electrons. The smallest absolute Gasteiger partial charge is 0.124 e. The van der Waals surface area contributed by atoms with Gasteiger partial charge in [-0.05, 0) is 15.9 Å². The van der Waals surface area contributed by atoms with Gasteiger partial charge >= 0.3 is 0 Å². The van der Waals surface area contributed by atoms with E-state index >= 15 is 0 Å². The number of thioether (sulfide) groups is 1. The van der Waals surface area contributed by atoms with Crippen molar-refractivity contribution in [2.24, 2.45) is 7.05 Å². The van der Waals surface area contributed by atoms with Crippen molar-refractivity contribution < 1.29 is 9.84 Å². The summed E-state index contributed by atoms with van der Waals surface area (Å²) in [6, 6.07) is 0. The minimum Gasteiger partial charge on any atom is -0.384 e. The maximum atomic E-state index is 10.2. The second-order valence-electron chi connectivity index (χ2n) is 3.43. The van der Waals surface area contributed by atoms with E-state index in [4.69, 9.17) is 4.74 Å². The molecule has 0 amide bonds. The van der Waals surface area contributed by atoms with Crippen LogP contribution in [0.5, 0.6) is 0 Å². The molecule has 1 aliphatic heterocycles. The van der Waals surface area contributed by atoms with Crippen LogP contribution in [-0.4, -0.2) is 39.1 Å². The van der Waals surface area contributed by atoms with E-state index in [0.29, 0.717) is 6.61 Å². The molecular weight excluding hydrogens is 280 g/mol. The first-order valence-corrected chi connectivity index (χ1v) is 6.69. The predicted octanol–water partition coefficient (Wildman–Crippen LogP) is 1.35. The number of aliphatic hydroxyl groups is 1. The summed E-state index contributed by atoms with van der Waals surface area (Å²) in [5, 5.41) is 14.2. The first-order valence-electron chi connectivity index (χ1n) is 4.75. The van der Waals surface area contributed by atoms with E-state index in [1.807, 2.05) is 18.8 Å². The Balaban J connectivity index is 2.15. The van der Waals surface area contributed by atoms with E-state index < -0.39 is 6.10 Å². The van der Waals surface area contributed by atoms with Crippen LogP contribution in [0.15, 0.2) is 10.7 Å². The second kappa shape index (κ2) is 4.86. The number of aromatic nitrogens is 2. The van der Waals surface area contributed by atoms with Gasteiger partial charge in [-0.3, -0.25) is 4.68 Å². The maximum Gasteiger partial charge on any atom is 0.124 e. The Labute approximate surface area is 101 Å². The molecule has 0 saturated carbocycles. The van der Waals surface area contributed by atoms with Gasteiger partial charge in [0.15, 0.2) is 0 Å². The van der Waals surface area contributed by atoms with Crippen LogP contribution in [0, 0.1) is 0 Å². The summed E-state index contributed by atoms with van der Waals surface area (Å²) in [6.07, 6.45) is 0.948. The molecule has 1 aliphatic rings. The molecule has 2 unspecified atom stereocenters. The van der Waals surface area contributed by atoms with Crippen LogP contribution < -0.4 is 0 Å². The van der Waals surface area contributed by atoms with Crippen LogP contribution >= 0.6 is 27.7 Å².